The Hall–Kier alpha value is -3.15. The van der Waals surface area contributed by atoms with E-state index in [2.05, 4.69) is 4.99 Å². The quantitative estimate of drug-likeness (QED) is 0.374. The molecule has 0 aliphatic heterocycles. The summed E-state index contributed by atoms with van der Waals surface area (Å²) in [6.45, 7) is 1.79. The van der Waals surface area contributed by atoms with E-state index in [9.17, 15) is 17.6 Å². The van der Waals surface area contributed by atoms with Gasteiger partial charge in [0, 0.05) is 11.3 Å². The van der Waals surface area contributed by atoms with Crippen molar-refractivity contribution in [2.45, 2.75) is 13.1 Å². The van der Waals surface area contributed by atoms with Crippen molar-refractivity contribution in [1.82, 2.24) is 0 Å². The summed E-state index contributed by atoms with van der Waals surface area (Å²) in [7, 11) is 0. The molecule has 1 heterocycles. The molecule has 0 amide bonds. The molecule has 0 atom stereocenters. The highest BCUT2D eigenvalue weighted by atomic mass is 19.4. The molecule has 0 unspecified atom stereocenters. The van der Waals surface area contributed by atoms with Crippen molar-refractivity contribution < 1.29 is 22.0 Å². The van der Waals surface area contributed by atoms with E-state index in [1.54, 1.807) is 6.92 Å². The van der Waals surface area contributed by atoms with Crippen molar-refractivity contribution in [2.24, 2.45) is 4.99 Å². The molecule has 3 aromatic rings. The Morgan fingerprint density at radius 1 is 1.00 bits per heavy atom. The van der Waals surface area contributed by atoms with Crippen LogP contribution >= 0.6 is 0 Å². The van der Waals surface area contributed by atoms with E-state index >= 15 is 0 Å². The van der Waals surface area contributed by atoms with Gasteiger partial charge in [0.25, 0.3) is 0 Å². The molecule has 0 aliphatic carbocycles. The second-order valence-electron chi connectivity index (χ2n) is 5.84. The van der Waals surface area contributed by atoms with Gasteiger partial charge in [0.1, 0.15) is 17.3 Å². The number of nitrogens with zero attached hydrogens (tertiary/aromatic N) is 1. The van der Waals surface area contributed by atoms with Crippen molar-refractivity contribution >= 4 is 12.3 Å². The van der Waals surface area contributed by atoms with E-state index in [1.807, 2.05) is 36.4 Å². The highest BCUT2D eigenvalue weighted by Crippen LogP contribution is 2.37. The first-order valence-electron chi connectivity index (χ1n) is 8.07. The fraction of sp³-hybridized carbons (Fsp3) is 0.0952. The molecule has 0 aliphatic rings. The molecular weight excluding hydrogens is 358 g/mol. The Morgan fingerprint density at radius 3 is 2.44 bits per heavy atom. The summed E-state index contributed by atoms with van der Waals surface area (Å²) in [5, 5.41) is 0. The minimum Gasteiger partial charge on any atom is -0.455 e. The minimum absolute atomic E-state index is 0.0760. The molecule has 0 saturated carbocycles. The molecule has 0 spiro atoms. The highest BCUT2D eigenvalue weighted by molar-refractivity contribution is 5.79. The van der Waals surface area contributed by atoms with E-state index in [0.29, 0.717) is 11.8 Å². The summed E-state index contributed by atoms with van der Waals surface area (Å²) < 4.78 is 58.3. The second-order valence-corrected chi connectivity index (χ2v) is 5.84. The zero-order chi connectivity index (χ0) is 19.4. The van der Waals surface area contributed by atoms with E-state index in [-0.39, 0.29) is 17.1 Å². The summed E-state index contributed by atoms with van der Waals surface area (Å²) in [5.74, 6) is -0.581. The highest BCUT2D eigenvalue weighted by Gasteiger charge is 2.34. The topological polar surface area (TPSA) is 25.5 Å². The number of hydrogen-bond acceptors (Lipinski definition) is 2. The first-order valence-corrected chi connectivity index (χ1v) is 8.07. The summed E-state index contributed by atoms with van der Waals surface area (Å²) in [6, 6.07) is 14.7. The molecule has 0 saturated heterocycles. The predicted molar refractivity (Wildman–Crippen MR) is 96.8 cm³/mol. The van der Waals surface area contributed by atoms with E-state index in [0.717, 1.165) is 17.7 Å². The maximum atomic E-state index is 13.4. The van der Waals surface area contributed by atoms with Gasteiger partial charge in [0.15, 0.2) is 0 Å². The lowest BCUT2D eigenvalue weighted by Crippen LogP contribution is -2.07. The summed E-state index contributed by atoms with van der Waals surface area (Å²) in [6.07, 6.45) is -1.35. The van der Waals surface area contributed by atoms with E-state index in [4.69, 9.17) is 4.42 Å². The Labute approximate surface area is 153 Å². The van der Waals surface area contributed by atoms with Gasteiger partial charge in [-0.05, 0) is 48.9 Å². The van der Waals surface area contributed by atoms with Gasteiger partial charge >= 0.3 is 6.18 Å². The van der Waals surface area contributed by atoms with Crippen molar-refractivity contribution in [3.63, 3.8) is 0 Å². The third kappa shape index (κ3) is 4.73. The van der Waals surface area contributed by atoms with Crippen LogP contribution in [-0.2, 0) is 6.18 Å². The number of allylic oxidation sites excluding steroid dienone is 1. The number of benzene rings is 2. The monoisotopic (exact) mass is 373 g/mol. The lowest BCUT2D eigenvalue weighted by molar-refractivity contribution is -0.137. The molecule has 2 aromatic carbocycles. The molecule has 3 rings (SSSR count). The number of aliphatic imine (C=N–C) groups is 1. The predicted octanol–water partition coefficient (Wildman–Crippen LogP) is 6.58. The number of hydrogen-bond donors (Lipinski definition) is 0. The van der Waals surface area contributed by atoms with Gasteiger partial charge in [-0.15, -0.1) is 0 Å². The Balaban J connectivity index is 1.86. The normalized spacial score (nSPS) is 12.7. The number of halogens is 4. The fourth-order valence-electron chi connectivity index (χ4n) is 2.53. The van der Waals surface area contributed by atoms with Gasteiger partial charge in [-0.1, -0.05) is 30.3 Å². The lowest BCUT2D eigenvalue weighted by Gasteiger charge is -2.11. The largest absolute Gasteiger partial charge is 0.455 e. The zero-order valence-electron chi connectivity index (χ0n) is 14.3. The maximum Gasteiger partial charge on any atom is 0.417 e. The number of furan rings is 1. The van der Waals surface area contributed by atoms with Crippen LogP contribution in [0.1, 0.15) is 23.8 Å². The molecule has 0 N–H and O–H groups in total. The van der Waals surface area contributed by atoms with Gasteiger partial charge in [0.05, 0.1) is 11.8 Å². The summed E-state index contributed by atoms with van der Waals surface area (Å²) >= 11 is 0. The number of rotatable bonds is 4. The average molecular weight is 373 g/mol. The summed E-state index contributed by atoms with van der Waals surface area (Å²) in [5.41, 5.74) is 0.364. The van der Waals surface area contributed by atoms with Crippen LogP contribution in [0.2, 0.25) is 0 Å². The molecule has 0 fully saturated rings. The third-order valence-corrected chi connectivity index (χ3v) is 3.75. The molecule has 27 heavy (non-hydrogen) atoms. The standard InChI is InChI=1S/C21H15F4NO/c1-14(11-15-5-3-2-4-6-15)26-13-17-8-10-20(27-17)18-12-16(22)7-9-19(18)21(23,24)25/h2-13H,1H3/b14-11+,26-13?. The van der Waals surface area contributed by atoms with Crippen LogP contribution in [0.25, 0.3) is 17.4 Å². The Morgan fingerprint density at radius 2 is 1.74 bits per heavy atom. The molecule has 0 bridgehead atoms. The van der Waals surface area contributed by atoms with Crippen LogP contribution in [-0.4, -0.2) is 6.21 Å². The Kier molecular flexibility index (Phi) is 5.26. The van der Waals surface area contributed by atoms with Crippen LogP contribution in [0.5, 0.6) is 0 Å². The Bertz CT molecular complexity index is 985. The van der Waals surface area contributed by atoms with Gasteiger partial charge in [-0.3, -0.25) is 4.99 Å². The molecule has 138 valence electrons. The lowest BCUT2D eigenvalue weighted by atomic mass is 10.0. The van der Waals surface area contributed by atoms with Gasteiger partial charge in [-0.25, -0.2) is 4.39 Å². The van der Waals surface area contributed by atoms with Crippen LogP contribution in [0.4, 0.5) is 17.6 Å². The van der Waals surface area contributed by atoms with E-state index in [1.165, 1.54) is 18.3 Å². The van der Waals surface area contributed by atoms with Crippen LogP contribution < -0.4 is 0 Å². The minimum atomic E-state index is -4.61. The van der Waals surface area contributed by atoms with Crippen molar-refractivity contribution in [3.8, 4) is 11.3 Å². The second kappa shape index (κ2) is 7.61. The molecule has 2 nitrogen and oxygen atoms in total. The molecule has 1 aromatic heterocycles. The third-order valence-electron chi connectivity index (χ3n) is 3.75. The molecular formula is C21H15F4NO. The van der Waals surface area contributed by atoms with Crippen molar-refractivity contribution in [3.05, 3.63) is 89.1 Å². The maximum absolute atomic E-state index is 13.4. The average Bonchev–Trinajstić information content (AvgIpc) is 3.09. The SMILES string of the molecule is C/C(=C\c1ccccc1)N=Cc1ccc(-c2cc(F)ccc2C(F)(F)F)o1. The van der Waals surface area contributed by atoms with Crippen LogP contribution in [0.15, 0.2) is 75.8 Å². The zero-order valence-corrected chi connectivity index (χ0v) is 14.3. The molecule has 0 radical (unpaired) electrons. The van der Waals surface area contributed by atoms with Crippen LogP contribution in [0, 0.1) is 5.82 Å². The first kappa shape index (κ1) is 18.6. The summed E-state index contributed by atoms with van der Waals surface area (Å²) in [4.78, 5) is 4.23. The molecule has 6 heteroatoms. The fourth-order valence-corrected chi connectivity index (χ4v) is 2.53. The first-order chi connectivity index (χ1) is 12.8. The van der Waals surface area contributed by atoms with Crippen LogP contribution in [0.3, 0.4) is 0 Å². The van der Waals surface area contributed by atoms with Crippen molar-refractivity contribution in [2.75, 3.05) is 0 Å². The van der Waals surface area contributed by atoms with Gasteiger partial charge in [-0.2, -0.15) is 13.2 Å². The van der Waals surface area contributed by atoms with Gasteiger partial charge < -0.3 is 4.42 Å². The van der Waals surface area contributed by atoms with Gasteiger partial charge in [0.2, 0.25) is 0 Å². The van der Waals surface area contributed by atoms with E-state index < -0.39 is 17.6 Å². The van der Waals surface area contributed by atoms with Crippen molar-refractivity contribution in [1.29, 1.82) is 0 Å². The smallest absolute Gasteiger partial charge is 0.417 e. The number of alkyl halides is 3.